The predicted molar refractivity (Wildman–Crippen MR) is 66.4 cm³/mol. The molecule has 0 radical (unpaired) electrons. The molecule has 2 nitrogen and oxygen atoms in total. The van der Waals surface area contributed by atoms with Crippen molar-refractivity contribution < 1.29 is 0 Å². The maximum atomic E-state index is 4.11. The van der Waals surface area contributed by atoms with Crippen molar-refractivity contribution in [1.82, 2.24) is 10.2 Å². The van der Waals surface area contributed by atoms with Gasteiger partial charge in [0.1, 0.15) is 0 Å². The van der Waals surface area contributed by atoms with Gasteiger partial charge < -0.3 is 5.32 Å². The average molecular weight is 222 g/mol. The molecule has 0 aromatic carbocycles. The van der Waals surface area contributed by atoms with Crippen LogP contribution in [0.15, 0.2) is 0 Å². The highest BCUT2D eigenvalue weighted by atomic mass is 33.1. The summed E-state index contributed by atoms with van der Waals surface area (Å²) < 4.78 is 0. The summed E-state index contributed by atoms with van der Waals surface area (Å²) in [4.78, 5) is 2.30. The zero-order chi connectivity index (χ0) is 10.1. The number of unbranched alkanes of at least 4 members (excludes halogenated alkanes) is 1. The van der Waals surface area contributed by atoms with Crippen molar-refractivity contribution in [2.45, 2.75) is 32.7 Å². The molecule has 0 saturated carbocycles. The van der Waals surface area contributed by atoms with E-state index in [1.165, 1.54) is 19.4 Å². The quantitative estimate of drug-likeness (QED) is 0.284. The molecular weight excluding hydrogens is 200 g/mol. The third-order valence-corrected chi connectivity index (χ3v) is 2.70. The summed E-state index contributed by atoms with van der Waals surface area (Å²) >= 11 is 4.11. The fourth-order valence-electron chi connectivity index (χ4n) is 1.06. The van der Waals surface area contributed by atoms with Crippen LogP contribution < -0.4 is 5.32 Å². The van der Waals surface area contributed by atoms with Gasteiger partial charge in [0.25, 0.3) is 0 Å². The molecule has 0 aromatic heterocycles. The van der Waals surface area contributed by atoms with Crippen molar-refractivity contribution in [1.29, 1.82) is 0 Å². The lowest BCUT2D eigenvalue weighted by Crippen LogP contribution is -2.25. The summed E-state index contributed by atoms with van der Waals surface area (Å²) in [5, 5.41) is 3.41. The Kier molecular flexibility index (Phi) is 9.62. The van der Waals surface area contributed by atoms with Gasteiger partial charge in [0.05, 0.1) is 5.88 Å². The normalized spacial score (nSPS) is 11.5. The molecule has 0 atom stereocenters. The second-order valence-electron chi connectivity index (χ2n) is 3.65. The highest BCUT2D eigenvalue weighted by molar-refractivity contribution is 8.68. The number of rotatable bonds is 8. The average Bonchev–Trinajstić information content (AvgIpc) is 2.03. The first-order valence-corrected chi connectivity index (χ1v) is 6.89. The molecular formula is C9H22N2S2. The van der Waals surface area contributed by atoms with Crippen LogP contribution in [-0.2, 0) is 0 Å². The first-order chi connectivity index (χ1) is 6.16. The molecule has 0 unspecified atom stereocenters. The highest BCUT2D eigenvalue weighted by Crippen LogP contribution is 2.06. The van der Waals surface area contributed by atoms with Crippen molar-refractivity contribution in [2.24, 2.45) is 0 Å². The molecule has 0 rings (SSSR count). The monoisotopic (exact) mass is 222 g/mol. The molecule has 80 valence electrons. The van der Waals surface area contributed by atoms with Gasteiger partial charge in [-0.2, -0.15) is 0 Å². The summed E-state index contributed by atoms with van der Waals surface area (Å²) in [6.45, 7) is 6.68. The van der Waals surface area contributed by atoms with Crippen molar-refractivity contribution in [2.75, 3.05) is 26.0 Å². The molecule has 13 heavy (non-hydrogen) atoms. The molecule has 0 saturated heterocycles. The van der Waals surface area contributed by atoms with E-state index in [-0.39, 0.29) is 0 Å². The molecule has 0 fully saturated rings. The fourth-order valence-corrected chi connectivity index (χ4v) is 1.98. The Bertz CT molecular complexity index is 110. The Morgan fingerprint density at radius 2 is 2.08 bits per heavy atom. The van der Waals surface area contributed by atoms with Gasteiger partial charge in [-0.25, -0.2) is 0 Å². The zero-order valence-corrected chi connectivity index (χ0v) is 10.6. The number of hydrogen-bond acceptors (Lipinski definition) is 4. The molecule has 0 aliphatic rings. The molecule has 4 heteroatoms. The number of hydrogen-bond donors (Lipinski definition) is 2. The first kappa shape index (κ1) is 13.6. The summed E-state index contributed by atoms with van der Waals surface area (Å²) in [6.07, 6.45) is 2.53. The maximum absolute atomic E-state index is 4.11. The summed E-state index contributed by atoms with van der Waals surface area (Å²) in [6, 6.07) is 0.616. The standard InChI is InChI=1S/C9H22N2S2/c1-9(2)10-6-4-5-7-11(3)8-13-12/h9-10,12H,4-8H2,1-3H3. The zero-order valence-electron chi connectivity index (χ0n) is 8.92. The first-order valence-electron chi connectivity index (χ1n) is 4.85. The Hall–Kier alpha value is 0.620. The second kappa shape index (κ2) is 9.19. The topological polar surface area (TPSA) is 15.3 Å². The van der Waals surface area contributed by atoms with Gasteiger partial charge in [0, 0.05) is 6.04 Å². The van der Waals surface area contributed by atoms with Crippen LogP contribution in [0.25, 0.3) is 0 Å². The number of nitrogens with zero attached hydrogens (tertiary/aromatic N) is 1. The van der Waals surface area contributed by atoms with E-state index in [0.29, 0.717) is 6.04 Å². The van der Waals surface area contributed by atoms with Crippen molar-refractivity contribution in [3.05, 3.63) is 0 Å². The minimum atomic E-state index is 0.616. The van der Waals surface area contributed by atoms with E-state index < -0.39 is 0 Å². The van der Waals surface area contributed by atoms with Gasteiger partial charge in [-0.05, 0) is 33.0 Å². The SMILES string of the molecule is CC(C)NCCCCN(C)CSS. The Labute approximate surface area is 91.6 Å². The lowest BCUT2D eigenvalue weighted by molar-refractivity contribution is 0.377. The molecule has 0 amide bonds. The third kappa shape index (κ3) is 10.5. The predicted octanol–water partition coefficient (Wildman–Crippen LogP) is 2.23. The molecule has 0 bridgehead atoms. The van der Waals surface area contributed by atoms with Crippen molar-refractivity contribution in [3.63, 3.8) is 0 Å². The van der Waals surface area contributed by atoms with Crippen LogP contribution in [0.3, 0.4) is 0 Å². The minimum Gasteiger partial charge on any atom is -0.315 e. The van der Waals surface area contributed by atoms with Crippen LogP contribution in [-0.4, -0.2) is 37.0 Å². The Morgan fingerprint density at radius 1 is 1.38 bits per heavy atom. The van der Waals surface area contributed by atoms with E-state index in [9.17, 15) is 0 Å². The van der Waals surface area contributed by atoms with E-state index in [1.807, 2.05) is 0 Å². The Morgan fingerprint density at radius 3 is 2.62 bits per heavy atom. The molecule has 1 N–H and O–H groups in total. The lowest BCUT2D eigenvalue weighted by Gasteiger charge is -2.14. The Balaban J connectivity index is 3.06. The summed E-state index contributed by atoms with van der Waals surface area (Å²) in [5.41, 5.74) is 0. The van der Waals surface area contributed by atoms with Crippen molar-refractivity contribution in [3.8, 4) is 0 Å². The van der Waals surface area contributed by atoms with Gasteiger partial charge >= 0.3 is 0 Å². The highest BCUT2D eigenvalue weighted by Gasteiger charge is 1.96. The van der Waals surface area contributed by atoms with Crippen LogP contribution in [0.4, 0.5) is 0 Å². The van der Waals surface area contributed by atoms with Gasteiger partial charge in [0.15, 0.2) is 0 Å². The van der Waals surface area contributed by atoms with E-state index in [1.54, 1.807) is 10.8 Å². The van der Waals surface area contributed by atoms with Crippen LogP contribution in [0.5, 0.6) is 0 Å². The summed E-state index contributed by atoms with van der Waals surface area (Å²) in [7, 11) is 3.72. The van der Waals surface area contributed by atoms with E-state index in [4.69, 9.17) is 0 Å². The van der Waals surface area contributed by atoms with E-state index in [0.717, 1.165) is 12.4 Å². The smallest absolute Gasteiger partial charge is 0.0543 e. The van der Waals surface area contributed by atoms with Gasteiger partial charge in [-0.15, -0.1) is 11.7 Å². The maximum Gasteiger partial charge on any atom is 0.0543 e. The largest absolute Gasteiger partial charge is 0.315 e. The molecule has 0 aliphatic heterocycles. The number of thiol groups is 1. The van der Waals surface area contributed by atoms with Crippen LogP contribution in [0, 0.1) is 0 Å². The summed E-state index contributed by atoms with van der Waals surface area (Å²) in [5.74, 6) is 1.01. The van der Waals surface area contributed by atoms with Gasteiger partial charge in [-0.3, -0.25) is 4.90 Å². The van der Waals surface area contributed by atoms with E-state index in [2.05, 4.69) is 42.8 Å². The van der Waals surface area contributed by atoms with E-state index >= 15 is 0 Å². The lowest BCUT2D eigenvalue weighted by atomic mass is 10.3. The fraction of sp³-hybridized carbons (Fsp3) is 1.00. The van der Waals surface area contributed by atoms with Crippen molar-refractivity contribution >= 4 is 22.5 Å². The molecule has 0 heterocycles. The third-order valence-electron chi connectivity index (χ3n) is 1.80. The van der Waals surface area contributed by atoms with Crippen LogP contribution in [0.1, 0.15) is 26.7 Å². The molecule has 0 aliphatic carbocycles. The van der Waals surface area contributed by atoms with Crippen LogP contribution in [0.2, 0.25) is 0 Å². The minimum absolute atomic E-state index is 0.616. The number of nitrogens with one attached hydrogen (secondary N) is 1. The van der Waals surface area contributed by atoms with Crippen LogP contribution >= 0.6 is 22.5 Å². The molecule has 0 spiro atoms. The van der Waals surface area contributed by atoms with Gasteiger partial charge in [0.2, 0.25) is 0 Å². The van der Waals surface area contributed by atoms with Gasteiger partial charge in [-0.1, -0.05) is 24.6 Å². The molecule has 0 aromatic rings. The second-order valence-corrected chi connectivity index (χ2v) is 4.94.